The Labute approximate surface area is 97.0 Å². The highest BCUT2D eigenvalue weighted by molar-refractivity contribution is 6.05. The lowest BCUT2D eigenvalue weighted by atomic mass is 10.1. The molecule has 0 spiro atoms. The first-order chi connectivity index (χ1) is 8.15. The van der Waals surface area contributed by atoms with Crippen molar-refractivity contribution in [1.82, 2.24) is 5.32 Å². The summed E-state index contributed by atoms with van der Waals surface area (Å²) < 4.78 is 10.1. The second kappa shape index (κ2) is 4.29. The topological polar surface area (TPSA) is 68.5 Å². The van der Waals surface area contributed by atoms with Gasteiger partial charge in [0.15, 0.2) is 0 Å². The second-order valence-corrected chi connectivity index (χ2v) is 3.42. The molecule has 0 radical (unpaired) electrons. The molecule has 0 aliphatic rings. The number of carbonyl (C=O) groups excluding carboxylic acids is 1. The Hall–Kier alpha value is -2.30. The zero-order valence-corrected chi connectivity index (χ0v) is 9.44. The lowest BCUT2D eigenvalue weighted by Gasteiger charge is -2.05. The van der Waals surface area contributed by atoms with Crippen molar-refractivity contribution >= 4 is 16.9 Å². The Morgan fingerprint density at radius 2 is 2.12 bits per heavy atom. The van der Waals surface area contributed by atoms with E-state index >= 15 is 0 Å². The molecule has 1 aromatic carbocycles. The predicted octanol–water partition coefficient (Wildman–Crippen LogP) is 1.16. The van der Waals surface area contributed by atoms with Gasteiger partial charge in [-0.1, -0.05) is 0 Å². The summed E-state index contributed by atoms with van der Waals surface area (Å²) in [6.45, 7) is 0. The molecule has 0 unspecified atom stereocenters. The van der Waals surface area contributed by atoms with Crippen molar-refractivity contribution in [3.8, 4) is 5.75 Å². The molecule has 2 rings (SSSR count). The number of nitrogens with one attached hydrogen (secondary N) is 1. The van der Waals surface area contributed by atoms with Gasteiger partial charge >= 0.3 is 5.63 Å². The van der Waals surface area contributed by atoms with Crippen molar-refractivity contribution in [2.45, 2.75) is 0 Å². The molecule has 5 heteroatoms. The predicted molar refractivity (Wildman–Crippen MR) is 62.4 cm³/mol. The molecule has 0 saturated carbocycles. The number of hydrogen-bond acceptors (Lipinski definition) is 4. The van der Waals surface area contributed by atoms with Gasteiger partial charge in [0.25, 0.3) is 5.91 Å². The monoisotopic (exact) mass is 233 g/mol. The number of carbonyl (C=O) groups is 1. The van der Waals surface area contributed by atoms with Gasteiger partial charge in [0.05, 0.1) is 12.7 Å². The van der Waals surface area contributed by atoms with Crippen LogP contribution >= 0.6 is 0 Å². The molecular formula is C12H11NO4. The van der Waals surface area contributed by atoms with Crippen molar-refractivity contribution in [2.75, 3.05) is 14.2 Å². The van der Waals surface area contributed by atoms with Crippen LogP contribution in [0.25, 0.3) is 11.0 Å². The molecule has 0 atom stereocenters. The van der Waals surface area contributed by atoms with E-state index in [0.29, 0.717) is 22.3 Å². The summed E-state index contributed by atoms with van der Waals surface area (Å²) in [6.07, 6.45) is 0. The van der Waals surface area contributed by atoms with Crippen LogP contribution in [-0.4, -0.2) is 20.1 Å². The molecule has 0 aliphatic heterocycles. The molecule has 1 amide bonds. The maximum Gasteiger partial charge on any atom is 0.337 e. The van der Waals surface area contributed by atoms with E-state index in [-0.39, 0.29) is 5.91 Å². The first-order valence-electron chi connectivity index (χ1n) is 4.99. The molecule has 0 aliphatic carbocycles. The minimum absolute atomic E-state index is 0.293. The van der Waals surface area contributed by atoms with Crippen LogP contribution in [0.5, 0.6) is 5.75 Å². The van der Waals surface area contributed by atoms with E-state index in [9.17, 15) is 9.59 Å². The molecule has 0 bridgehead atoms. The van der Waals surface area contributed by atoms with Crippen LogP contribution in [0.3, 0.4) is 0 Å². The number of methoxy groups -OCH3 is 1. The number of ether oxygens (including phenoxy) is 1. The summed E-state index contributed by atoms with van der Waals surface area (Å²) in [5.41, 5.74) is 0.0567. The van der Waals surface area contributed by atoms with Crippen LogP contribution < -0.4 is 15.7 Å². The van der Waals surface area contributed by atoms with Crippen LogP contribution in [0.1, 0.15) is 10.4 Å². The van der Waals surface area contributed by atoms with E-state index in [2.05, 4.69) is 5.32 Å². The van der Waals surface area contributed by atoms with Crippen molar-refractivity contribution < 1.29 is 13.9 Å². The van der Waals surface area contributed by atoms with Crippen LogP contribution in [0.15, 0.2) is 33.5 Å². The van der Waals surface area contributed by atoms with Gasteiger partial charge in [0.2, 0.25) is 0 Å². The highest BCUT2D eigenvalue weighted by Crippen LogP contribution is 2.22. The first kappa shape index (κ1) is 11.2. The van der Waals surface area contributed by atoms with E-state index in [1.165, 1.54) is 20.2 Å². The van der Waals surface area contributed by atoms with E-state index in [1.54, 1.807) is 18.2 Å². The highest BCUT2D eigenvalue weighted by Gasteiger charge is 2.12. The van der Waals surface area contributed by atoms with Gasteiger partial charge in [-0.25, -0.2) is 4.79 Å². The largest absolute Gasteiger partial charge is 0.497 e. The number of hydrogen-bond donors (Lipinski definition) is 1. The van der Waals surface area contributed by atoms with Crippen LogP contribution in [0.4, 0.5) is 0 Å². The quantitative estimate of drug-likeness (QED) is 0.790. The summed E-state index contributed by atoms with van der Waals surface area (Å²) >= 11 is 0. The number of fused-ring (bicyclic) bond motifs is 1. The molecule has 17 heavy (non-hydrogen) atoms. The van der Waals surface area contributed by atoms with Crippen molar-refractivity contribution in [2.24, 2.45) is 0 Å². The summed E-state index contributed by atoms with van der Waals surface area (Å²) in [7, 11) is 3.02. The molecule has 0 saturated heterocycles. The normalized spacial score (nSPS) is 10.2. The average Bonchev–Trinajstić information content (AvgIpc) is 2.35. The van der Waals surface area contributed by atoms with Crippen LogP contribution in [-0.2, 0) is 0 Å². The van der Waals surface area contributed by atoms with Crippen LogP contribution in [0, 0.1) is 0 Å². The fraction of sp³-hybridized carbons (Fsp3) is 0.167. The van der Waals surface area contributed by atoms with Gasteiger partial charge in [0.1, 0.15) is 11.3 Å². The zero-order chi connectivity index (χ0) is 12.4. The maximum atomic E-state index is 11.6. The lowest BCUT2D eigenvalue weighted by Crippen LogP contribution is -2.19. The summed E-state index contributed by atoms with van der Waals surface area (Å²) in [5, 5.41) is 3.05. The minimum atomic E-state index is -0.565. The summed E-state index contributed by atoms with van der Waals surface area (Å²) in [5.74, 6) is 0.239. The molecule has 2 aromatic rings. The average molecular weight is 233 g/mol. The molecule has 1 heterocycles. The fourth-order valence-corrected chi connectivity index (χ4v) is 1.59. The van der Waals surface area contributed by atoms with Gasteiger partial charge in [-0.3, -0.25) is 4.79 Å². The molecule has 1 aromatic heterocycles. The SMILES string of the molecule is CNC(=O)c1cc(=O)oc2cc(OC)ccc12. The fourth-order valence-electron chi connectivity index (χ4n) is 1.59. The lowest BCUT2D eigenvalue weighted by molar-refractivity contribution is 0.0964. The molecule has 88 valence electrons. The number of rotatable bonds is 2. The summed E-state index contributed by atoms with van der Waals surface area (Å²) in [4.78, 5) is 22.9. The first-order valence-corrected chi connectivity index (χ1v) is 4.99. The van der Waals surface area contributed by atoms with E-state index in [4.69, 9.17) is 9.15 Å². The van der Waals surface area contributed by atoms with Crippen molar-refractivity contribution in [3.05, 3.63) is 40.2 Å². The zero-order valence-electron chi connectivity index (χ0n) is 9.44. The third-order valence-corrected chi connectivity index (χ3v) is 2.42. The van der Waals surface area contributed by atoms with E-state index in [0.717, 1.165) is 0 Å². The third-order valence-electron chi connectivity index (χ3n) is 2.42. The smallest absolute Gasteiger partial charge is 0.337 e. The van der Waals surface area contributed by atoms with Crippen molar-refractivity contribution in [1.29, 1.82) is 0 Å². The molecule has 0 fully saturated rings. The third kappa shape index (κ3) is 1.99. The Morgan fingerprint density at radius 1 is 1.35 bits per heavy atom. The molecule has 1 N–H and O–H groups in total. The van der Waals surface area contributed by atoms with Gasteiger partial charge < -0.3 is 14.5 Å². The Morgan fingerprint density at radius 3 is 2.76 bits per heavy atom. The molecule has 5 nitrogen and oxygen atoms in total. The Kier molecular flexibility index (Phi) is 2.82. The molecular weight excluding hydrogens is 222 g/mol. The maximum absolute atomic E-state index is 11.6. The van der Waals surface area contributed by atoms with Gasteiger partial charge in [0, 0.05) is 24.6 Å². The second-order valence-electron chi connectivity index (χ2n) is 3.42. The van der Waals surface area contributed by atoms with Gasteiger partial charge in [-0.2, -0.15) is 0 Å². The van der Waals surface area contributed by atoms with Crippen LogP contribution in [0.2, 0.25) is 0 Å². The summed E-state index contributed by atoms with van der Waals surface area (Å²) in [6, 6.07) is 6.13. The Balaban J connectivity index is 2.76. The van der Waals surface area contributed by atoms with Gasteiger partial charge in [-0.15, -0.1) is 0 Å². The standard InChI is InChI=1S/C12H11NO4/c1-13-12(15)9-6-11(14)17-10-5-7(16-2)3-4-8(9)10/h3-6H,1-2H3,(H,13,15). The van der Waals surface area contributed by atoms with Crippen molar-refractivity contribution in [3.63, 3.8) is 0 Å². The van der Waals surface area contributed by atoms with Gasteiger partial charge in [-0.05, 0) is 12.1 Å². The highest BCUT2D eigenvalue weighted by atomic mass is 16.5. The minimum Gasteiger partial charge on any atom is -0.497 e. The Bertz CT molecular complexity index is 630. The number of amides is 1. The van der Waals surface area contributed by atoms with E-state index < -0.39 is 5.63 Å². The van der Waals surface area contributed by atoms with E-state index in [1.807, 2.05) is 0 Å². The number of benzene rings is 1.